The summed E-state index contributed by atoms with van der Waals surface area (Å²) in [4.78, 5) is 18.1. The van der Waals surface area contributed by atoms with Crippen molar-refractivity contribution in [3.63, 3.8) is 0 Å². The Morgan fingerprint density at radius 1 is 0.839 bits per heavy atom. The Bertz CT molecular complexity index is 1480. The molecule has 0 unspecified atom stereocenters. The number of nitrogens with zero attached hydrogens (tertiary/aromatic N) is 3. The molecular formula is C27H23N3O. The van der Waals surface area contributed by atoms with Crippen molar-refractivity contribution in [2.75, 3.05) is 0 Å². The third-order valence-corrected chi connectivity index (χ3v) is 5.93. The fourth-order valence-electron chi connectivity index (χ4n) is 4.01. The molecule has 31 heavy (non-hydrogen) atoms. The number of hydrogen-bond acceptors (Lipinski definition) is 3. The lowest BCUT2D eigenvalue weighted by Gasteiger charge is -2.11. The number of aromatic nitrogens is 3. The van der Waals surface area contributed by atoms with Crippen LogP contribution in [0.3, 0.4) is 0 Å². The third-order valence-electron chi connectivity index (χ3n) is 5.93. The largest absolute Gasteiger partial charge is 0.275 e. The second-order valence-electron chi connectivity index (χ2n) is 7.99. The molecule has 5 aromatic rings. The van der Waals surface area contributed by atoms with E-state index < -0.39 is 0 Å². The van der Waals surface area contributed by atoms with Crippen LogP contribution in [0, 0.1) is 13.8 Å². The van der Waals surface area contributed by atoms with Crippen LogP contribution in [0.1, 0.15) is 16.8 Å². The Hall–Kier alpha value is -3.79. The number of aryl methyl sites for hydroxylation is 4. The van der Waals surface area contributed by atoms with E-state index >= 15 is 0 Å². The Kier molecular flexibility index (Phi) is 4.83. The van der Waals surface area contributed by atoms with E-state index in [-0.39, 0.29) is 5.56 Å². The first-order valence-electron chi connectivity index (χ1n) is 10.5. The normalized spacial score (nSPS) is 11.3. The predicted octanol–water partition coefficient (Wildman–Crippen LogP) is 5.47. The van der Waals surface area contributed by atoms with Crippen LogP contribution in [0.15, 0.2) is 83.8 Å². The van der Waals surface area contributed by atoms with Crippen LogP contribution in [0.2, 0.25) is 0 Å². The molecule has 152 valence electrons. The van der Waals surface area contributed by atoms with Crippen LogP contribution < -0.4 is 5.56 Å². The third kappa shape index (κ3) is 3.61. The number of benzene rings is 3. The number of para-hydroxylation sites is 1. The molecule has 0 saturated heterocycles. The SMILES string of the molecule is Cc1ccc(-c2cccc3cnn(CCc4ccc5ccccc5n4)c(=O)c23)cc1C. The van der Waals surface area contributed by atoms with Gasteiger partial charge in [0.2, 0.25) is 0 Å². The van der Waals surface area contributed by atoms with Crippen molar-refractivity contribution in [1.82, 2.24) is 14.8 Å². The Labute approximate surface area is 180 Å². The summed E-state index contributed by atoms with van der Waals surface area (Å²) in [5.74, 6) is 0. The van der Waals surface area contributed by atoms with Crippen LogP contribution >= 0.6 is 0 Å². The van der Waals surface area contributed by atoms with Gasteiger partial charge in [0, 0.05) is 22.9 Å². The molecule has 2 aromatic heterocycles. The maximum absolute atomic E-state index is 13.4. The lowest BCUT2D eigenvalue weighted by molar-refractivity contribution is 0.580. The van der Waals surface area contributed by atoms with Gasteiger partial charge in [0.25, 0.3) is 5.56 Å². The zero-order valence-electron chi connectivity index (χ0n) is 17.7. The zero-order valence-corrected chi connectivity index (χ0v) is 17.7. The molecule has 0 fully saturated rings. The molecule has 0 radical (unpaired) electrons. The van der Waals surface area contributed by atoms with Crippen molar-refractivity contribution in [2.45, 2.75) is 26.8 Å². The van der Waals surface area contributed by atoms with Gasteiger partial charge >= 0.3 is 0 Å². The fraction of sp³-hybridized carbons (Fsp3) is 0.148. The van der Waals surface area contributed by atoms with Crippen molar-refractivity contribution in [2.24, 2.45) is 0 Å². The fourth-order valence-corrected chi connectivity index (χ4v) is 4.01. The summed E-state index contributed by atoms with van der Waals surface area (Å²) in [6, 6.07) is 24.4. The molecule has 2 heterocycles. The van der Waals surface area contributed by atoms with Crippen molar-refractivity contribution in [3.05, 3.63) is 106 Å². The predicted molar refractivity (Wildman–Crippen MR) is 126 cm³/mol. The highest BCUT2D eigenvalue weighted by atomic mass is 16.1. The lowest BCUT2D eigenvalue weighted by Crippen LogP contribution is -2.24. The monoisotopic (exact) mass is 405 g/mol. The van der Waals surface area contributed by atoms with E-state index in [0.717, 1.165) is 33.1 Å². The van der Waals surface area contributed by atoms with E-state index in [2.05, 4.69) is 49.3 Å². The highest BCUT2D eigenvalue weighted by Gasteiger charge is 2.11. The molecule has 0 atom stereocenters. The molecule has 0 spiro atoms. The van der Waals surface area contributed by atoms with E-state index in [4.69, 9.17) is 4.98 Å². The molecular weight excluding hydrogens is 382 g/mol. The summed E-state index contributed by atoms with van der Waals surface area (Å²) in [5.41, 5.74) is 6.32. The standard InChI is InChI=1S/C27H23N3O/c1-18-10-11-21(16-19(18)2)24-8-5-7-22-17-28-30(27(31)26(22)24)15-14-23-13-12-20-6-3-4-9-25(20)29-23/h3-13,16-17H,14-15H2,1-2H3. The topological polar surface area (TPSA) is 47.8 Å². The Balaban J connectivity index is 1.53. The van der Waals surface area contributed by atoms with Gasteiger partial charge in [-0.05, 0) is 48.2 Å². The van der Waals surface area contributed by atoms with Gasteiger partial charge in [-0.1, -0.05) is 60.7 Å². The van der Waals surface area contributed by atoms with Gasteiger partial charge in [-0.25, -0.2) is 4.68 Å². The average Bonchev–Trinajstić information content (AvgIpc) is 2.80. The smallest absolute Gasteiger partial charge is 0.267 e. The average molecular weight is 406 g/mol. The summed E-state index contributed by atoms with van der Waals surface area (Å²) in [7, 11) is 0. The highest BCUT2D eigenvalue weighted by Crippen LogP contribution is 2.27. The Morgan fingerprint density at radius 2 is 1.68 bits per heavy atom. The molecule has 4 heteroatoms. The van der Waals surface area contributed by atoms with Crippen molar-refractivity contribution < 1.29 is 0 Å². The van der Waals surface area contributed by atoms with Crippen LogP contribution in [0.5, 0.6) is 0 Å². The maximum atomic E-state index is 13.4. The van der Waals surface area contributed by atoms with E-state index in [1.54, 1.807) is 10.9 Å². The van der Waals surface area contributed by atoms with Crippen molar-refractivity contribution in [1.29, 1.82) is 0 Å². The van der Waals surface area contributed by atoms with Crippen LogP contribution in [-0.4, -0.2) is 14.8 Å². The van der Waals surface area contributed by atoms with Gasteiger partial charge in [-0.3, -0.25) is 9.78 Å². The summed E-state index contributed by atoms with van der Waals surface area (Å²) >= 11 is 0. The minimum atomic E-state index is -0.0629. The highest BCUT2D eigenvalue weighted by molar-refractivity contribution is 5.95. The number of fused-ring (bicyclic) bond motifs is 2. The van der Waals surface area contributed by atoms with E-state index in [0.29, 0.717) is 18.4 Å². The first-order valence-corrected chi connectivity index (χ1v) is 10.5. The molecule has 0 N–H and O–H groups in total. The van der Waals surface area contributed by atoms with Crippen LogP contribution in [0.4, 0.5) is 0 Å². The summed E-state index contributed by atoms with van der Waals surface area (Å²) in [6.45, 7) is 4.68. The molecule has 0 saturated carbocycles. The number of hydrogen-bond donors (Lipinski definition) is 0. The molecule has 5 rings (SSSR count). The van der Waals surface area contributed by atoms with Gasteiger partial charge in [-0.2, -0.15) is 5.10 Å². The van der Waals surface area contributed by atoms with E-state index in [1.165, 1.54) is 11.1 Å². The second-order valence-corrected chi connectivity index (χ2v) is 7.99. The maximum Gasteiger partial charge on any atom is 0.275 e. The summed E-state index contributed by atoms with van der Waals surface area (Å²) in [5, 5.41) is 7.12. The molecule has 0 aliphatic carbocycles. The van der Waals surface area contributed by atoms with Gasteiger partial charge in [0.15, 0.2) is 0 Å². The molecule has 4 nitrogen and oxygen atoms in total. The molecule has 3 aromatic carbocycles. The lowest BCUT2D eigenvalue weighted by atomic mass is 9.97. The number of rotatable bonds is 4. The molecule has 0 aliphatic rings. The Morgan fingerprint density at radius 3 is 2.55 bits per heavy atom. The van der Waals surface area contributed by atoms with Gasteiger partial charge in [0.1, 0.15) is 0 Å². The quantitative estimate of drug-likeness (QED) is 0.398. The van der Waals surface area contributed by atoms with Crippen LogP contribution in [0.25, 0.3) is 32.8 Å². The zero-order chi connectivity index (χ0) is 21.4. The van der Waals surface area contributed by atoms with E-state index in [1.807, 2.05) is 42.5 Å². The summed E-state index contributed by atoms with van der Waals surface area (Å²) in [6.07, 6.45) is 2.43. The minimum absolute atomic E-state index is 0.0629. The van der Waals surface area contributed by atoms with Gasteiger partial charge in [0.05, 0.1) is 23.6 Å². The molecule has 0 bridgehead atoms. The van der Waals surface area contributed by atoms with Crippen LogP contribution in [-0.2, 0) is 13.0 Å². The van der Waals surface area contributed by atoms with Crippen molar-refractivity contribution in [3.8, 4) is 11.1 Å². The van der Waals surface area contributed by atoms with Crippen molar-refractivity contribution >= 4 is 21.7 Å². The molecule has 0 aliphatic heterocycles. The first-order chi connectivity index (χ1) is 15.1. The molecule has 0 amide bonds. The second kappa shape index (κ2) is 7.80. The van der Waals surface area contributed by atoms with Gasteiger partial charge < -0.3 is 0 Å². The van der Waals surface area contributed by atoms with Gasteiger partial charge in [-0.15, -0.1) is 0 Å². The number of pyridine rings is 1. The minimum Gasteiger partial charge on any atom is -0.267 e. The van der Waals surface area contributed by atoms with E-state index in [9.17, 15) is 4.79 Å². The first kappa shape index (κ1) is 19.2. The summed E-state index contributed by atoms with van der Waals surface area (Å²) < 4.78 is 1.56.